The van der Waals surface area contributed by atoms with Gasteiger partial charge in [-0.05, 0) is 38.4 Å². The Morgan fingerprint density at radius 2 is 2.20 bits per heavy atom. The van der Waals surface area contributed by atoms with Gasteiger partial charge in [0.05, 0.1) is 0 Å². The molecule has 0 spiro atoms. The van der Waals surface area contributed by atoms with E-state index in [1.54, 1.807) is 19.1 Å². The van der Waals surface area contributed by atoms with Crippen LogP contribution < -0.4 is 0 Å². The SMILES string of the molecule is CC(=O)CC1CCCCCN1Cc1ccc(Cl)cc1F. The van der Waals surface area contributed by atoms with Crippen molar-refractivity contribution >= 4 is 17.4 Å². The Bertz CT molecular complexity index is 478. The average Bonchev–Trinajstić information content (AvgIpc) is 2.58. The van der Waals surface area contributed by atoms with E-state index in [0.717, 1.165) is 25.8 Å². The lowest BCUT2D eigenvalue weighted by atomic mass is 10.0. The third-order valence-corrected chi connectivity index (χ3v) is 4.15. The zero-order chi connectivity index (χ0) is 14.5. The summed E-state index contributed by atoms with van der Waals surface area (Å²) in [6, 6.07) is 5.06. The molecule has 1 unspecified atom stereocenters. The first-order valence-corrected chi connectivity index (χ1v) is 7.61. The number of nitrogens with zero attached hydrogens (tertiary/aromatic N) is 1. The molecule has 1 aliphatic heterocycles. The molecule has 20 heavy (non-hydrogen) atoms. The van der Waals surface area contributed by atoms with E-state index in [2.05, 4.69) is 4.90 Å². The summed E-state index contributed by atoms with van der Waals surface area (Å²) in [5.41, 5.74) is 0.657. The van der Waals surface area contributed by atoms with Crippen LogP contribution in [0.2, 0.25) is 5.02 Å². The zero-order valence-electron chi connectivity index (χ0n) is 11.9. The van der Waals surface area contributed by atoms with Crippen molar-refractivity contribution < 1.29 is 9.18 Å². The first kappa shape index (κ1) is 15.5. The highest BCUT2D eigenvalue weighted by molar-refractivity contribution is 6.30. The van der Waals surface area contributed by atoms with E-state index < -0.39 is 0 Å². The molecular formula is C16H21ClFNO. The normalized spacial score (nSPS) is 20.6. The van der Waals surface area contributed by atoms with Crippen LogP contribution in [0.25, 0.3) is 0 Å². The molecule has 1 saturated heterocycles. The number of carbonyl (C=O) groups excluding carboxylic acids is 1. The molecule has 1 aliphatic rings. The molecule has 1 atom stereocenters. The Morgan fingerprint density at radius 1 is 1.40 bits per heavy atom. The molecule has 2 rings (SSSR count). The fraction of sp³-hybridized carbons (Fsp3) is 0.562. The van der Waals surface area contributed by atoms with Gasteiger partial charge in [0.15, 0.2) is 0 Å². The molecule has 0 saturated carbocycles. The van der Waals surface area contributed by atoms with Gasteiger partial charge in [0.1, 0.15) is 11.6 Å². The zero-order valence-corrected chi connectivity index (χ0v) is 12.6. The third-order valence-electron chi connectivity index (χ3n) is 3.91. The number of hydrogen-bond donors (Lipinski definition) is 0. The van der Waals surface area contributed by atoms with Crippen molar-refractivity contribution in [3.63, 3.8) is 0 Å². The minimum absolute atomic E-state index is 0.207. The number of carbonyl (C=O) groups is 1. The van der Waals surface area contributed by atoms with Gasteiger partial charge in [0.2, 0.25) is 0 Å². The number of rotatable bonds is 4. The van der Waals surface area contributed by atoms with Gasteiger partial charge in [-0.3, -0.25) is 9.69 Å². The van der Waals surface area contributed by atoms with E-state index >= 15 is 0 Å². The van der Waals surface area contributed by atoms with Crippen LogP contribution >= 0.6 is 11.6 Å². The Hall–Kier alpha value is -0.930. The van der Waals surface area contributed by atoms with Crippen molar-refractivity contribution in [1.29, 1.82) is 0 Å². The molecule has 1 aromatic carbocycles. The van der Waals surface area contributed by atoms with Gasteiger partial charge >= 0.3 is 0 Å². The number of ketones is 1. The Kier molecular flexibility index (Phi) is 5.55. The summed E-state index contributed by atoms with van der Waals surface area (Å²) >= 11 is 5.79. The highest BCUT2D eigenvalue weighted by Crippen LogP contribution is 2.23. The van der Waals surface area contributed by atoms with Crippen LogP contribution in [-0.4, -0.2) is 23.3 Å². The molecular weight excluding hydrogens is 277 g/mol. The summed E-state index contributed by atoms with van der Waals surface area (Å²) in [4.78, 5) is 13.7. The van der Waals surface area contributed by atoms with Crippen LogP contribution in [0.5, 0.6) is 0 Å². The van der Waals surface area contributed by atoms with Gasteiger partial charge in [-0.2, -0.15) is 0 Å². The van der Waals surface area contributed by atoms with E-state index in [4.69, 9.17) is 11.6 Å². The largest absolute Gasteiger partial charge is 0.300 e. The number of likely N-dealkylation sites (tertiary alicyclic amines) is 1. The molecule has 4 heteroatoms. The van der Waals surface area contributed by atoms with Gasteiger partial charge in [-0.15, -0.1) is 0 Å². The molecule has 0 bridgehead atoms. The highest BCUT2D eigenvalue weighted by atomic mass is 35.5. The smallest absolute Gasteiger partial charge is 0.131 e. The lowest BCUT2D eigenvalue weighted by molar-refractivity contribution is -0.118. The van der Waals surface area contributed by atoms with Crippen LogP contribution in [0, 0.1) is 5.82 Å². The molecule has 1 fully saturated rings. The maximum atomic E-state index is 13.9. The van der Waals surface area contributed by atoms with Gasteiger partial charge in [0, 0.05) is 29.6 Å². The number of hydrogen-bond acceptors (Lipinski definition) is 2. The molecule has 1 heterocycles. The van der Waals surface area contributed by atoms with E-state index in [1.165, 1.54) is 12.5 Å². The topological polar surface area (TPSA) is 20.3 Å². The maximum absolute atomic E-state index is 13.9. The summed E-state index contributed by atoms with van der Waals surface area (Å²) in [6.45, 7) is 3.12. The van der Waals surface area contributed by atoms with E-state index in [-0.39, 0.29) is 17.6 Å². The summed E-state index contributed by atoms with van der Waals surface area (Å²) < 4.78 is 13.9. The highest BCUT2D eigenvalue weighted by Gasteiger charge is 2.23. The maximum Gasteiger partial charge on any atom is 0.131 e. The van der Waals surface area contributed by atoms with E-state index in [0.29, 0.717) is 23.6 Å². The summed E-state index contributed by atoms with van der Waals surface area (Å²) in [6.07, 6.45) is 5.04. The van der Waals surface area contributed by atoms with Crippen molar-refractivity contribution in [3.8, 4) is 0 Å². The molecule has 2 nitrogen and oxygen atoms in total. The lowest BCUT2D eigenvalue weighted by Crippen LogP contribution is -2.35. The standard InChI is InChI=1S/C16H21ClFNO/c1-12(20)9-15-5-3-2-4-8-19(15)11-13-6-7-14(17)10-16(13)18/h6-7,10,15H,2-5,8-9,11H2,1H3. The summed E-state index contributed by atoms with van der Waals surface area (Å²) in [5.74, 6) is -0.0539. The minimum atomic E-state index is -0.261. The van der Waals surface area contributed by atoms with Crippen molar-refractivity contribution in [2.24, 2.45) is 0 Å². The molecule has 0 aliphatic carbocycles. The minimum Gasteiger partial charge on any atom is -0.300 e. The fourth-order valence-electron chi connectivity index (χ4n) is 2.88. The molecule has 0 N–H and O–H groups in total. The van der Waals surface area contributed by atoms with E-state index in [9.17, 15) is 9.18 Å². The van der Waals surface area contributed by atoms with Gasteiger partial charge < -0.3 is 0 Å². The van der Waals surface area contributed by atoms with Crippen LogP contribution in [0.15, 0.2) is 18.2 Å². The average molecular weight is 298 g/mol. The second-order valence-corrected chi connectivity index (χ2v) is 6.05. The summed E-state index contributed by atoms with van der Waals surface area (Å²) in [7, 11) is 0. The monoisotopic (exact) mass is 297 g/mol. The first-order chi connectivity index (χ1) is 9.56. The third kappa shape index (κ3) is 4.29. The predicted octanol–water partition coefficient (Wildman–Crippen LogP) is 4.20. The van der Waals surface area contributed by atoms with Crippen LogP contribution in [0.1, 0.15) is 44.6 Å². The fourth-order valence-corrected chi connectivity index (χ4v) is 3.04. The van der Waals surface area contributed by atoms with E-state index in [1.807, 2.05) is 0 Å². The Labute approximate surface area is 124 Å². The van der Waals surface area contributed by atoms with Crippen molar-refractivity contribution in [3.05, 3.63) is 34.6 Å². The second-order valence-electron chi connectivity index (χ2n) is 5.62. The Morgan fingerprint density at radius 3 is 2.90 bits per heavy atom. The predicted molar refractivity (Wildman–Crippen MR) is 79.4 cm³/mol. The van der Waals surface area contributed by atoms with Crippen molar-refractivity contribution in [1.82, 2.24) is 4.90 Å². The number of Topliss-reactive ketones (excluding diaryl/α,β-unsaturated/α-hetero) is 1. The molecule has 110 valence electrons. The van der Waals surface area contributed by atoms with Gasteiger partial charge in [-0.25, -0.2) is 4.39 Å². The van der Waals surface area contributed by atoms with Crippen molar-refractivity contribution in [2.75, 3.05) is 6.54 Å². The lowest BCUT2D eigenvalue weighted by Gasteiger charge is -2.29. The van der Waals surface area contributed by atoms with Crippen LogP contribution in [0.4, 0.5) is 4.39 Å². The molecule has 0 radical (unpaired) electrons. The second kappa shape index (κ2) is 7.19. The molecule has 0 aromatic heterocycles. The van der Waals surface area contributed by atoms with Crippen LogP contribution in [-0.2, 0) is 11.3 Å². The first-order valence-electron chi connectivity index (χ1n) is 7.23. The Balaban J connectivity index is 2.12. The van der Waals surface area contributed by atoms with Gasteiger partial charge in [-0.1, -0.05) is 30.5 Å². The number of benzene rings is 1. The van der Waals surface area contributed by atoms with Crippen LogP contribution in [0.3, 0.4) is 0 Å². The van der Waals surface area contributed by atoms with Gasteiger partial charge in [0.25, 0.3) is 0 Å². The summed E-state index contributed by atoms with van der Waals surface area (Å²) in [5, 5.41) is 0.419. The quantitative estimate of drug-likeness (QED) is 0.830. The van der Waals surface area contributed by atoms with Crippen molar-refractivity contribution in [2.45, 2.75) is 51.6 Å². The molecule has 0 amide bonds. The molecule has 1 aromatic rings. The number of halogens is 2.